The number of nitrogens with two attached hydrogens (primary N) is 1. The van der Waals surface area contributed by atoms with Gasteiger partial charge < -0.3 is 10.3 Å². The Balaban J connectivity index is 1.81. The first-order valence-corrected chi connectivity index (χ1v) is 10.6. The van der Waals surface area contributed by atoms with Crippen LogP contribution in [0.2, 0.25) is 0 Å². The quantitative estimate of drug-likeness (QED) is 0.328. The number of benzene rings is 4. The third-order valence-electron chi connectivity index (χ3n) is 5.51. The van der Waals surface area contributed by atoms with E-state index in [0.717, 1.165) is 32.9 Å². The monoisotopic (exact) mass is 471 g/mol. The summed E-state index contributed by atoms with van der Waals surface area (Å²) in [6.45, 7) is 0.313. The summed E-state index contributed by atoms with van der Waals surface area (Å²) in [4.78, 5) is 12.1. The number of carbonyl (C=O) groups excluding carboxylic acids is 1. The van der Waals surface area contributed by atoms with E-state index in [1.807, 2.05) is 53.1 Å². The maximum Gasteiger partial charge on any atom is 0.249 e. The highest BCUT2D eigenvalue weighted by atomic mass is 79.9. The fourth-order valence-electron chi connectivity index (χ4n) is 4.05. The number of halogens is 2. The minimum atomic E-state index is -0.500. The van der Waals surface area contributed by atoms with Crippen molar-refractivity contribution in [1.82, 2.24) is 4.57 Å². The molecule has 0 saturated heterocycles. The Bertz CT molecular complexity index is 1460. The van der Waals surface area contributed by atoms with Gasteiger partial charge in [0.2, 0.25) is 5.91 Å². The Hall–Kier alpha value is -3.44. The standard InChI is InChI=1S/C26H17BrFN2O/c27-19-11-9-18(22(28)14-19)15-30-23-8-4-7-21(26(29)31)25(23)20-12-10-17(13-24(20)30)16-5-2-1-3-6-16/h1-11,13-14H,15H2,(H2,29,31). The van der Waals surface area contributed by atoms with Crippen LogP contribution in [0.4, 0.5) is 4.39 Å². The van der Waals surface area contributed by atoms with Gasteiger partial charge in [-0.05, 0) is 53.6 Å². The van der Waals surface area contributed by atoms with Gasteiger partial charge in [-0.1, -0.05) is 58.4 Å². The highest BCUT2D eigenvalue weighted by Gasteiger charge is 2.18. The number of nitrogens with zero attached hydrogens (tertiary/aromatic N) is 1. The minimum Gasteiger partial charge on any atom is -0.366 e. The van der Waals surface area contributed by atoms with Gasteiger partial charge >= 0.3 is 0 Å². The average molecular weight is 472 g/mol. The van der Waals surface area contributed by atoms with Crippen LogP contribution in [0.1, 0.15) is 15.9 Å². The molecule has 3 nitrogen and oxygen atoms in total. The van der Waals surface area contributed by atoms with Gasteiger partial charge in [0.25, 0.3) is 0 Å². The lowest BCUT2D eigenvalue weighted by Gasteiger charge is -2.10. The second-order valence-electron chi connectivity index (χ2n) is 7.40. The summed E-state index contributed by atoms with van der Waals surface area (Å²) in [6.07, 6.45) is 0. The lowest BCUT2D eigenvalue weighted by atomic mass is 10.0. The average Bonchev–Trinajstić information content (AvgIpc) is 3.09. The van der Waals surface area contributed by atoms with Crippen LogP contribution in [0.5, 0.6) is 0 Å². The van der Waals surface area contributed by atoms with E-state index in [2.05, 4.69) is 28.1 Å². The third-order valence-corrected chi connectivity index (χ3v) is 6.00. The molecule has 5 heteroatoms. The summed E-state index contributed by atoms with van der Waals surface area (Å²) in [6, 6.07) is 27.8. The number of hydrogen-bond acceptors (Lipinski definition) is 1. The van der Waals surface area contributed by atoms with Crippen molar-refractivity contribution in [2.75, 3.05) is 0 Å². The number of primary amides is 1. The van der Waals surface area contributed by atoms with E-state index in [4.69, 9.17) is 5.73 Å². The second kappa shape index (κ2) is 7.67. The maximum atomic E-state index is 14.7. The Morgan fingerprint density at radius 2 is 1.77 bits per heavy atom. The Morgan fingerprint density at radius 1 is 0.968 bits per heavy atom. The molecular formula is C26H17BrFN2O. The predicted molar refractivity (Wildman–Crippen MR) is 125 cm³/mol. The molecule has 31 heavy (non-hydrogen) atoms. The Kier molecular flexibility index (Phi) is 4.83. The smallest absolute Gasteiger partial charge is 0.249 e. The summed E-state index contributed by atoms with van der Waals surface area (Å²) in [7, 11) is 0. The van der Waals surface area contributed by atoms with E-state index < -0.39 is 5.91 Å². The zero-order valence-corrected chi connectivity index (χ0v) is 18.0. The van der Waals surface area contributed by atoms with Crippen LogP contribution in [-0.2, 0) is 6.54 Å². The lowest BCUT2D eigenvalue weighted by Crippen LogP contribution is -2.11. The fourth-order valence-corrected chi connectivity index (χ4v) is 4.38. The van der Waals surface area contributed by atoms with Gasteiger partial charge in [0.15, 0.2) is 0 Å². The van der Waals surface area contributed by atoms with Crippen molar-refractivity contribution in [2.24, 2.45) is 5.73 Å². The molecule has 1 amide bonds. The van der Waals surface area contributed by atoms with Crippen LogP contribution < -0.4 is 5.73 Å². The van der Waals surface area contributed by atoms with E-state index in [9.17, 15) is 9.18 Å². The first kappa shape index (κ1) is 19.5. The molecule has 2 N–H and O–H groups in total. The molecule has 1 radical (unpaired) electrons. The van der Waals surface area contributed by atoms with Gasteiger partial charge in [-0.25, -0.2) is 4.39 Å². The number of fused-ring (bicyclic) bond motifs is 3. The number of rotatable bonds is 4. The summed E-state index contributed by atoms with van der Waals surface area (Å²) < 4.78 is 17.4. The zero-order chi connectivity index (χ0) is 21.5. The van der Waals surface area contributed by atoms with E-state index >= 15 is 0 Å². The molecule has 0 aliphatic heterocycles. The van der Waals surface area contributed by atoms with Gasteiger partial charge in [-0.2, -0.15) is 0 Å². The normalized spacial score (nSPS) is 11.3. The number of hydrogen-bond donors (Lipinski definition) is 1. The summed E-state index contributed by atoms with van der Waals surface area (Å²) in [5.41, 5.74) is 10.4. The van der Waals surface area contributed by atoms with Gasteiger partial charge in [0.1, 0.15) is 5.82 Å². The molecule has 0 unspecified atom stereocenters. The molecule has 0 bridgehead atoms. The van der Waals surface area contributed by atoms with Gasteiger partial charge in [0.05, 0.1) is 17.6 Å². The van der Waals surface area contributed by atoms with Gasteiger partial charge in [-0.15, -0.1) is 0 Å². The molecule has 5 rings (SSSR count). The van der Waals surface area contributed by atoms with Crippen molar-refractivity contribution in [3.05, 3.63) is 106 Å². The topological polar surface area (TPSA) is 48.0 Å². The summed E-state index contributed by atoms with van der Waals surface area (Å²) in [5.74, 6) is -0.793. The van der Waals surface area contributed by atoms with Crippen LogP contribution in [0.25, 0.3) is 32.9 Å². The maximum absolute atomic E-state index is 14.7. The molecule has 0 saturated carbocycles. The number of aromatic nitrogens is 1. The largest absolute Gasteiger partial charge is 0.366 e. The third kappa shape index (κ3) is 3.41. The van der Waals surface area contributed by atoms with Crippen LogP contribution in [0.15, 0.2) is 83.3 Å². The van der Waals surface area contributed by atoms with Gasteiger partial charge in [-0.3, -0.25) is 4.79 Å². The minimum absolute atomic E-state index is 0.293. The number of amides is 1. The fraction of sp³-hybridized carbons (Fsp3) is 0.0385. The molecule has 0 atom stereocenters. The van der Waals surface area contributed by atoms with Crippen molar-refractivity contribution >= 4 is 43.6 Å². The zero-order valence-electron chi connectivity index (χ0n) is 16.4. The van der Waals surface area contributed by atoms with Crippen molar-refractivity contribution in [3.63, 3.8) is 0 Å². The molecule has 0 aliphatic carbocycles. The SMILES string of the molecule is NC(=O)c1cccc2c1c1[c]cc(-c3ccccc3)cc1n2Cc1ccc(Br)cc1F. The molecule has 0 spiro atoms. The van der Waals surface area contributed by atoms with Crippen LogP contribution in [0.3, 0.4) is 0 Å². The van der Waals surface area contributed by atoms with Crippen LogP contribution in [0, 0.1) is 11.9 Å². The van der Waals surface area contributed by atoms with E-state index in [1.54, 1.807) is 18.2 Å². The summed E-state index contributed by atoms with van der Waals surface area (Å²) >= 11 is 3.31. The Labute approximate surface area is 187 Å². The van der Waals surface area contributed by atoms with Crippen molar-refractivity contribution in [2.45, 2.75) is 6.54 Å². The van der Waals surface area contributed by atoms with Crippen LogP contribution in [-0.4, -0.2) is 10.5 Å². The molecule has 5 aromatic rings. The predicted octanol–water partition coefficient (Wildman–Crippen LogP) is 6.31. The number of carbonyl (C=O) groups is 1. The van der Waals surface area contributed by atoms with Crippen molar-refractivity contribution in [3.8, 4) is 11.1 Å². The van der Waals surface area contributed by atoms with E-state index in [1.165, 1.54) is 6.07 Å². The highest BCUT2D eigenvalue weighted by Crippen LogP contribution is 2.35. The lowest BCUT2D eigenvalue weighted by molar-refractivity contribution is 0.100. The molecule has 151 valence electrons. The first-order valence-electron chi connectivity index (χ1n) is 9.79. The van der Waals surface area contributed by atoms with Crippen molar-refractivity contribution < 1.29 is 9.18 Å². The van der Waals surface area contributed by atoms with E-state index in [0.29, 0.717) is 22.1 Å². The van der Waals surface area contributed by atoms with Gasteiger partial charge in [0, 0.05) is 26.4 Å². The van der Waals surface area contributed by atoms with Crippen molar-refractivity contribution in [1.29, 1.82) is 0 Å². The molecule has 0 fully saturated rings. The molecule has 1 heterocycles. The molecule has 4 aromatic carbocycles. The second-order valence-corrected chi connectivity index (χ2v) is 8.32. The first-order chi connectivity index (χ1) is 15.0. The van der Waals surface area contributed by atoms with Crippen LogP contribution >= 0.6 is 15.9 Å². The molecular weight excluding hydrogens is 455 g/mol. The van der Waals surface area contributed by atoms with E-state index in [-0.39, 0.29) is 5.82 Å². The highest BCUT2D eigenvalue weighted by molar-refractivity contribution is 9.10. The Morgan fingerprint density at radius 3 is 2.52 bits per heavy atom. The summed E-state index contributed by atoms with van der Waals surface area (Å²) in [5, 5.41) is 1.53. The molecule has 1 aromatic heterocycles. The molecule has 0 aliphatic rings.